The predicted octanol–water partition coefficient (Wildman–Crippen LogP) is 1.45. The maximum Gasteiger partial charge on any atom is 0.192 e. The van der Waals surface area contributed by atoms with E-state index in [2.05, 4.69) is 4.99 Å². The number of hydrogen-bond acceptors (Lipinski definition) is 4. The molecule has 0 saturated carbocycles. The Labute approximate surface area is 106 Å². The van der Waals surface area contributed by atoms with Gasteiger partial charge in [0.25, 0.3) is 0 Å². The van der Waals surface area contributed by atoms with Gasteiger partial charge in [-0.2, -0.15) is 0 Å². The Balaban J connectivity index is 2.24. The van der Waals surface area contributed by atoms with E-state index < -0.39 is 0 Å². The molecular weight excluding hydrogens is 233 g/mol. The molecule has 2 N–H and O–H groups in total. The second kappa shape index (κ2) is 5.35. The lowest BCUT2D eigenvalue weighted by Crippen LogP contribution is -2.38. The van der Waals surface area contributed by atoms with Crippen LogP contribution < -0.4 is 5.73 Å². The van der Waals surface area contributed by atoms with E-state index in [4.69, 9.17) is 10.5 Å². The normalized spacial score (nSPS) is 19.2. The van der Waals surface area contributed by atoms with Crippen LogP contribution in [0.1, 0.15) is 17.2 Å². The van der Waals surface area contributed by atoms with Crippen molar-refractivity contribution in [1.82, 2.24) is 4.90 Å². The molecule has 0 spiro atoms. The molecule has 1 aliphatic heterocycles. The predicted molar refractivity (Wildman–Crippen MR) is 68.9 cm³/mol. The summed E-state index contributed by atoms with van der Waals surface area (Å²) in [5, 5.41) is 0. The van der Waals surface area contributed by atoms with Crippen molar-refractivity contribution in [2.75, 3.05) is 26.8 Å². The van der Waals surface area contributed by atoms with Gasteiger partial charge in [-0.1, -0.05) is 6.07 Å². The fraction of sp³-hybridized carbons (Fsp3) is 0.462. The molecule has 5 heteroatoms. The minimum Gasteiger partial charge on any atom is -0.383 e. The SMILES string of the molecule is COCCN1C(N)=NCC1c1cc(F)ccc1C. The van der Waals surface area contributed by atoms with Crippen LogP contribution in [0.2, 0.25) is 0 Å². The zero-order valence-electron chi connectivity index (χ0n) is 10.7. The van der Waals surface area contributed by atoms with Gasteiger partial charge < -0.3 is 15.4 Å². The van der Waals surface area contributed by atoms with Crippen molar-refractivity contribution in [3.05, 3.63) is 35.1 Å². The number of rotatable bonds is 4. The Hall–Kier alpha value is -1.62. The summed E-state index contributed by atoms with van der Waals surface area (Å²) in [6, 6.07) is 4.83. The van der Waals surface area contributed by atoms with E-state index in [9.17, 15) is 4.39 Å². The van der Waals surface area contributed by atoms with Gasteiger partial charge in [0.15, 0.2) is 5.96 Å². The molecule has 1 heterocycles. The average Bonchev–Trinajstić information content (AvgIpc) is 2.71. The minimum atomic E-state index is -0.229. The molecule has 1 aromatic carbocycles. The van der Waals surface area contributed by atoms with Crippen LogP contribution in [0.4, 0.5) is 4.39 Å². The summed E-state index contributed by atoms with van der Waals surface area (Å²) in [4.78, 5) is 6.20. The smallest absolute Gasteiger partial charge is 0.192 e. The van der Waals surface area contributed by atoms with E-state index in [-0.39, 0.29) is 11.9 Å². The maximum atomic E-state index is 13.4. The molecule has 1 atom stereocenters. The van der Waals surface area contributed by atoms with Crippen molar-refractivity contribution in [1.29, 1.82) is 0 Å². The van der Waals surface area contributed by atoms with Gasteiger partial charge in [-0.25, -0.2) is 4.39 Å². The van der Waals surface area contributed by atoms with Crippen molar-refractivity contribution in [3.8, 4) is 0 Å². The maximum absolute atomic E-state index is 13.4. The van der Waals surface area contributed by atoms with Crippen LogP contribution in [0, 0.1) is 12.7 Å². The van der Waals surface area contributed by atoms with Crippen LogP contribution >= 0.6 is 0 Å². The van der Waals surface area contributed by atoms with E-state index in [0.29, 0.717) is 25.7 Å². The lowest BCUT2D eigenvalue weighted by Gasteiger charge is -2.27. The largest absolute Gasteiger partial charge is 0.383 e. The number of halogens is 1. The quantitative estimate of drug-likeness (QED) is 0.881. The van der Waals surface area contributed by atoms with Gasteiger partial charge in [-0.3, -0.25) is 4.99 Å². The van der Waals surface area contributed by atoms with Gasteiger partial charge >= 0.3 is 0 Å². The zero-order chi connectivity index (χ0) is 13.1. The summed E-state index contributed by atoms with van der Waals surface area (Å²) in [5.41, 5.74) is 7.85. The molecule has 1 aliphatic rings. The standard InChI is InChI=1S/C13H18FN3O/c1-9-3-4-10(14)7-11(9)12-8-16-13(15)17(12)5-6-18-2/h3-4,7,12H,5-6,8H2,1-2H3,(H2,15,16). The van der Waals surface area contributed by atoms with Gasteiger partial charge in [0.1, 0.15) is 5.82 Å². The van der Waals surface area contributed by atoms with Crippen molar-refractivity contribution in [3.63, 3.8) is 0 Å². The molecule has 4 nitrogen and oxygen atoms in total. The van der Waals surface area contributed by atoms with E-state index in [1.165, 1.54) is 6.07 Å². The summed E-state index contributed by atoms with van der Waals surface area (Å²) in [6.45, 7) is 3.77. The Morgan fingerprint density at radius 3 is 3.06 bits per heavy atom. The van der Waals surface area contributed by atoms with E-state index >= 15 is 0 Å². The van der Waals surface area contributed by atoms with Gasteiger partial charge in [-0.05, 0) is 30.2 Å². The number of nitrogens with zero attached hydrogens (tertiary/aromatic N) is 2. The molecule has 0 bridgehead atoms. The van der Waals surface area contributed by atoms with E-state index in [1.807, 2.05) is 11.8 Å². The highest BCUT2D eigenvalue weighted by molar-refractivity contribution is 5.80. The number of aryl methyl sites for hydroxylation is 1. The average molecular weight is 251 g/mol. The van der Waals surface area contributed by atoms with Gasteiger partial charge in [-0.15, -0.1) is 0 Å². The number of aliphatic imine (C=N–C) groups is 1. The first-order valence-corrected chi connectivity index (χ1v) is 5.95. The Kier molecular flexibility index (Phi) is 3.81. The molecule has 1 aromatic rings. The number of methoxy groups -OCH3 is 1. The molecule has 1 unspecified atom stereocenters. The molecule has 0 saturated heterocycles. The summed E-state index contributed by atoms with van der Waals surface area (Å²) >= 11 is 0. The Morgan fingerprint density at radius 2 is 2.33 bits per heavy atom. The van der Waals surface area contributed by atoms with Crippen molar-refractivity contribution in [2.24, 2.45) is 10.7 Å². The second-order valence-corrected chi connectivity index (χ2v) is 4.40. The molecule has 18 heavy (non-hydrogen) atoms. The first-order valence-electron chi connectivity index (χ1n) is 5.95. The Morgan fingerprint density at radius 1 is 1.56 bits per heavy atom. The summed E-state index contributed by atoms with van der Waals surface area (Å²) < 4.78 is 18.4. The van der Waals surface area contributed by atoms with E-state index in [0.717, 1.165) is 11.1 Å². The van der Waals surface area contributed by atoms with Crippen LogP contribution in [0.3, 0.4) is 0 Å². The number of benzene rings is 1. The van der Waals surface area contributed by atoms with Crippen LogP contribution in [0.25, 0.3) is 0 Å². The first kappa shape index (κ1) is 12.8. The van der Waals surface area contributed by atoms with Crippen LogP contribution in [0.5, 0.6) is 0 Å². The second-order valence-electron chi connectivity index (χ2n) is 4.40. The highest BCUT2D eigenvalue weighted by atomic mass is 19.1. The molecule has 0 fully saturated rings. The Bertz CT molecular complexity index is 462. The third-order valence-electron chi connectivity index (χ3n) is 3.23. The molecule has 0 aromatic heterocycles. The van der Waals surface area contributed by atoms with E-state index in [1.54, 1.807) is 19.2 Å². The third kappa shape index (κ3) is 2.46. The summed E-state index contributed by atoms with van der Waals surface area (Å²) in [6.07, 6.45) is 0. The molecule has 0 aliphatic carbocycles. The monoisotopic (exact) mass is 251 g/mol. The topological polar surface area (TPSA) is 50.9 Å². The van der Waals surface area contributed by atoms with Crippen molar-refractivity contribution < 1.29 is 9.13 Å². The zero-order valence-corrected chi connectivity index (χ0v) is 10.7. The minimum absolute atomic E-state index is 0.0100. The molecule has 2 rings (SSSR count). The fourth-order valence-corrected chi connectivity index (χ4v) is 2.23. The highest BCUT2D eigenvalue weighted by Gasteiger charge is 2.28. The van der Waals surface area contributed by atoms with Crippen LogP contribution in [0.15, 0.2) is 23.2 Å². The van der Waals surface area contributed by atoms with Gasteiger partial charge in [0.2, 0.25) is 0 Å². The van der Waals surface area contributed by atoms with Crippen molar-refractivity contribution in [2.45, 2.75) is 13.0 Å². The molecule has 0 amide bonds. The number of nitrogens with two attached hydrogens (primary N) is 1. The number of guanidine groups is 1. The number of ether oxygens (including phenoxy) is 1. The third-order valence-corrected chi connectivity index (χ3v) is 3.23. The summed E-state index contributed by atoms with van der Waals surface area (Å²) in [5.74, 6) is 0.272. The van der Waals surface area contributed by atoms with Crippen LogP contribution in [-0.4, -0.2) is 37.7 Å². The highest BCUT2D eigenvalue weighted by Crippen LogP contribution is 2.28. The molecular formula is C13H18FN3O. The van der Waals surface area contributed by atoms with Crippen molar-refractivity contribution >= 4 is 5.96 Å². The molecule has 0 radical (unpaired) electrons. The van der Waals surface area contributed by atoms with Gasteiger partial charge in [0.05, 0.1) is 19.2 Å². The van der Waals surface area contributed by atoms with Gasteiger partial charge in [0, 0.05) is 13.7 Å². The first-order chi connectivity index (χ1) is 8.63. The van der Waals surface area contributed by atoms with Crippen LogP contribution in [-0.2, 0) is 4.74 Å². The fourth-order valence-electron chi connectivity index (χ4n) is 2.23. The number of hydrogen-bond donors (Lipinski definition) is 1. The lowest BCUT2D eigenvalue weighted by molar-refractivity contribution is 0.166. The lowest BCUT2D eigenvalue weighted by atomic mass is 10.0. The molecule has 98 valence electrons. The summed E-state index contributed by atoms with van der Waals surface area (Å²) in [7, 11) is 1.64.